The minimum absolute atomic E-state index is 0.114. The van der Waals surface area contributed by atoms with Gasteiger partial charge in [-0.05, 0) is 6.07 Å². The first-order valence-electron chi connectivity index (χ1n) is 4.28. The van der Waals surface area contributed by atoms with Gasteiger partial charge in [0, 0.05) is 24.4 Å². The standard InChI is InChI=1S/C9H9N3O2/c13-12(14)9-3-1-2-8(6-9)11-5-4-10-7-11/h1-3,6-7H,4-5H2. The maximum atomic E-state index is 10.5. The molecular formula is C9H9N3O2. The predicted octanol–water partition coefficient (Wildman–Crippen LogP) is 1.44. The Morgan fingerprint density at radius 3 is 3.00 bits per heavy atom. The molecule has 1 aromatic rings. The molecule has 0 aliphatic carbocycles. The van der Waals surface area contributed by atoms with Crippen LogP contribution in [0.15, 0.2) is 29.3 Å². The van der Waals surface area contributed by atoms with Crippen molar-refractivity contribution in [2.75, 3.05) is 18.0 Å². The molecule has 0 saturated carbocycles. The van der Waals surface area contributed by atoms with E-state index in [0.29, 0.717) is 0 Å². The summed E-state index contributed by atoms with van der Waals surface area (Å²) in [5.41, 5.74) is 0.934. The Labute approximate surface area is 80.8 Å². The van der Waals surface area contributed by atoms with Gasteiger partial charge in [0.25, 0.3) is 5.69 Å². The average molecular weight is 191 g/mol. The molecule has 0 unspecified atom stereocenters. The van der Waals surface area contributed by atoms with E-state index in [2.05, 4.69) is 4.99 Å². The number of benzene rings is 1. The Kier molecular flexibility index (Phi) is 2.14. The summed E-state index contributed by atoms with van der Waals surface area (Å²) in [4.78, 5) is 16.1. The van der Waals surface area contributed by atoms with Crippen molar-refractivity contribution in [3.63, 3.8) is 0 Å². The van der Waals surface area contributed by atoms with Gasteiger partial charge in [0.15, 0.2) is 0 Å². The fourth-order valence-corrected chi connectivity index (χ4v) is 1.36. The van der Waals surface area contributed by atoms with Crippen LogP contribution in [0, 0.1) is 10.1 Å². The summed E-state index contributed by atoms with van der Waals surface area (Å²) < 4.78 is 0. The summed E-state index contributed by atoms with van der Waals surface area (Å²) >= 11 is 0. The van der Waals surface area contributed by atoms with Crippen molar-refractivity contribution in [1.82, 2.24) is 0 Å². The quantitative estimate of drug-likeness (QED) is 0.525. The van der Waals surface area contributed by atoms with E-state index < -0.39 is 4.92 Å². The van der Waals surface area contributed by atoms with Crippen LogP contribution in [0.5, 0.6) is 0 Å². The summed E-state index contributed by atoms with van der Waals surface area (Å²) in [7, 11) is 0. The van der Waals surface area contributed by atoms with Crippen molar-refractivity contribution in [3.05, 3.63) is 34.4 Å². The number of anilines is 1. The number of nitro benzene ring substituents is 1. The molecule has 72 valence electrons. The van der Waals surface area contributed by atoms with Gasteiger partial charge in [-0.3, -0.25) is 15.1 Å². The number of aliphatic imine (C=N–C) groups is 1. The molecule has 0 bridgehead atoms. The number of hydrogen-bond donors (Lipinski definition) is 0. The summed E-state index contributed by atoms with van der Waals surface area (Å²) in [6.45, 7) is 1.55. The van der Waals surface area contributed by atoms with Gasteiger partial charge in [0.1, 0.15) is 0 Å². The Bertz CT molecular complexity index is 389. The molecule has 5 heteroatoms. The third-order valence-corrected chi connectivity index (χ3v) is 2.06. The highest BCUT2D eigenvalue weighted by atomic mass is 16.6. The van der Waals surface area contributed by atoms with Gasteiger partial charge < -0.3 is 4.90 Å². The highest BCUT2D eigenvalue weighted by Crippen LogP contribution is 2.20. The fourth-order valence-electron chi connectivity index (χ4n) is 1.36. The number of nitrogens with zero attached hydrogens (tertiary/aromatic N) is 3. The molecule has 5 nitrogen and oxygen atoms in total. The molecule has 0 radical (unpaired) electrons. The first kappa shape index (κ1) is 8.68. The SMILES string of the molecule is O=[N+]([O-])c1cccc(N2C=NCC2)c1. The molecule has 0 aromatic heterocycles. The minimum atomic E-state index is -0.392. The van der Waals surface area contributed by atoms with Crippen molar-refractivity contribution in [1.29, 1.82) is 0 Å². The number of nitro groups is 1. The first-order valence-corrected chi connectivity index (χ1v) is 4.28. The van der Waals surface area contributed by atoms with Gasteiger partial charge >= 0.3 is 0 Å². The fraction of sp³-hybridized carbons (Fsp3) is 0.222. The maximum absolute atomic E-state index is 10.5. The van der Waals surface area contributed by atoms with Gasteiger partial charge in [-0.1, -0.05) is 6.07 Å². The van der Waals surface area contributed by atoms with Crippen molar-refractivity contribution < 1.29 is 4.92 Å². The maximum Gasteiger partial charge on any atom is 0.271 e. The van der Waals surface area contributed by atoms with Crippen LogP contribution < -0.4 is 4.90 Å². The molecule has 2 rings (SSSR count). The lowest BCUT2D eigenvalue weighted by atomic mass is 10.2. The van der Waals surface area contributed by atoms with Gasteiger partial charge in [0.2, 0.25) is 0 Å². The van der Waals surface area contributed by atoms with Crippen molar-refractivity contribution in [2.45, 2.75) is 0 Å². The molecule has 0 spiro atoms. The number of non-ortho nitro benzene ring substituents is 1. The van der Waals surface area contributed by atoms with Crippen LogP contribution >= 0.6 is 0 Å². The zero-order valence-electron chi connectivity index (χ0n) is 7.46. The molecule has 0 N–H and O–H groups in total. The Hall–Kier alpha value is -1.91. The van der Waals surface area contributed by atoms with Crippen LogP contribution in [-0.2, 0) is 0 Å². The molecule has 0 fully saturated rings. The Morgan fingerprint density at radius 1 is 1.50 bits per heavy atom. The van der Waals surface area contributed by atoms with Crippen LogP contribution in [0.4, 0.5) is 11.4 Å². The van der Waals surface area contributed by atoms with Crippen LogP contribution in [0.25, 0.3) is 0 Å². The lowest BCUT2D eigenvalue weighted by Crippen LogP contribution is -2.17. The van der Waals surface area contributed by atoms with Crippen LogP contribution in [0.2, 0.25) is 0 Å². The Balaban J connectivity index is 2.30. The summed E-state index contributed by atoms with van der Waals surface area (Å²) in [5, 5.41) is 10.5. The second kappa shape index (κ2) is 3.45. The summed E-state index contributed by atoms with van der Waals surface area (Å²) in [6, 6.07) is 6.55. The monoisotopic (exact) mass is 191 g/mol. The molecule has 14 heavy (non-hydrogen) atoms. The highest BCUT2D eigenvalue weighted by molar-refractivity contribution is 5.81. The van der Waals surface area contributed by atoms with Crippen molar-refractivity contribution in [3.8, 4) is 0 Å². The smallest absolute Gasteiger partial charge is 0.271 e. The third-order valence-electron chi connectivity index (χ3n) is 2.06. The molecule has 1 aliphatic heterocycles. The molecule has 0 atom stereocenters. The minimum Gasteiger partial charge on any atom is -0.331 e. The third kappa shape index (κ3) is 1.56. The van der Waals surface area contributed by atoms with E-state index in [1.807, 2.05) is 11.0 Å². The summed E-state index contributed by atoms with van der Waals surface area (Å²) in [6.07, 6.45) is 1.71. The van der Waals surface area contributed by atoms with E-state index in [9.17, 15) is 10.1 Å². The molecule has 0 saturated heterocycles. The lowest BCUT2D eigenvalue weighted by molar-refractivity contribution is -0.384. The molecule has 1 heterocycles. The first-order chi connectivity index (χ1) is 6.77. The predicted molar refractivity (Wildman–Crippen MR) is 53.8 cm³/mol. The van der Waals surface area contributed by atoms with Gasteiger partial charge in [-0.2, -0.15) is 0 Å². The number of hydrogen-bond acceptors (Lipinski definition) is 4. The van der Waals surface area contributed by atoms with E-state index >= 15 is 0 Å². The Morgan fingerprint density at radius 2 is 2.36 bits per heavy atom. The van der Waals surface area contributed by atoms with Crippen molar-refractivity contribution >= 4 is 17.7 Å². The molecule has 0 amide bonds. The molecule has 1 aromatic carbocycles. The topological polar surface area (TPSA) is 58.7 Å². The van der Waals surface area contributed by atoms with Crippen LogP contribution in [0.3, 0.4) is 0 Å². The van der Waals surface area contributed by atoms with E-state index in [-0.39, 0.29) is 5.69 Å². The highest BCUT2D eigenvalue weighted by Gasteiger charge is 2.11. The van der Waals surface area contributed by atoms with Crippen LogP contribution in [0.1, 0.15) is 0 Å². The molecular weight excluding hydrogens is 182 g/mol. The van der Waals surface area contributed by atoms with Crippen molar-refractivity contribution in [2.24, 2.45) is 4.99 Å². The number of rotatable bonds is 2. The van der Waals surface area contributed by atoms with E-state index in [1.54, 1.807) is 18.5 Å². The zero-order chi connectivity index (χ0) is 9.97. The second-order valence-electron chi connectivity index (χ2n) is 2.99. The molecule has 1 aliphatic rings. The second-order valence-corrected chi connectivity index (χ2v) is 2.99. The van der Waals surface area contributed by atoms with E-state index in [0.717, 1.165) is 18.8 Å². The largest absolute Gasteiger partial charge is 0.331 e. The van der Waals surface area contributed by atoms with Crippen LogP contribution in [-0.4, -0.2) is 24.4 Å². The van der Waals surface area contributed by atoms with E-state index in [1.165, 1.54) is 6.07 Å². The average Bonchev–Trinajstić information content (AvgIpc) is 2.71. The summed E-state index contributed by atoms with van der Waals surface area (Å²) in [5.74, 6) is 0. The van der Waals surface area contributed by atoms with Gasteiger partial charge in [-0.25, -0.2) is 0 Å². The normalized spacial score (nSPS) is 14.7. The van der Waals surface area contributed by atoms with E-state index in [4.69, 9.17) is 0 Å². The van der Waals surface area contributed by atoms with Gasteiger partial charge in [-0.15, -0.1) is 0 Å². The van der Waals surface area contributed by atoms with Gasteiger partial charge in [0.05, 0.1) is 17.8 Å². The zero-order valence-corrected chi connectivity index (χ0v) is 7.46. The lowest BCUT2D eigenvalue weighted by Gasteiger charge is -2.12.